The minimum absolute atomic E-state index is 0.0501. The van der Waals surface area contributed by atoms with E-state index >= 15 is 0 Å². The molecule has 2 atom stereocenters. The van der Waals surface area contributed by atoms with Crippen molar-refractivity contribution < 1.29 is 14.3 Å². The van der Waals surface area contributed by atoms with E-state index in [1.54, 1.807) is 0 Å². The number of hydrogen-bond donors (Lipinski definition) is 0. The first-order chi connectivity index (χ1) is 14.1. The molecule has 0 aromatic heterocycles. The van der Waals surface area contributed by atoms with Gasteiger partial charge < -0.3 is 0 Å². The van der Waals surface area contributed by atoms with E-state index in [1.165, 1.54) is 61.2 Å². The van der Waals surface area contributed by atoms with Gasteiger partial charge in [-0.25, -0.2) is 0 Å². The number of unbranched alkanes of at least 4 members (excludes halogenated alkanes) is 3. The van der Waals surface area contributed by atoms with Crippen LogP contribution in [-0.4, -0.2) is 53.3 Å². The summed E-state index contributed by atoms with van der Waals surface area (Å²) in [5.74, 6) is -0.217. The number of nitrogens with zero attached hydrogens (tertiary/aromatic N) is 1. The maximum absolute atomic E-state index is 13.2. The van der Waals surface area contributed by atoms with E-state index in [0.29, 0.717) is 18.0 Å². The Bertz CT molecular complexity index is 513. The second-order valence-corrected chi connectivity index (χ2v) is 25.7. The van der Waals surface area contributed by atoms with Crippen LogP contribution < -0.4 is 0 Å². The summed E-state index contributed by atoms with van der Waals surface area (Å²) in [4.78, 5) is 26.9. The molecule has 1 saturated heterocycles. The molecule has 1 aliphatic rings. The molecule has 0 aromatic carbocycles. The molecule has 1 unspecified atom stereocenters. The minimum atomic E-state index is -2.28. The molecule has 1 heterocycles. The Kier molecular flexibility index (Phi) is 12.9. The van der Waals surface area contributed by atoms with E-state index in [1.807, 2.05) is 0 Å². The summed E-state index contributed by atoms with van der Waals surface area (Å²) in [7, 11) is 0. The van der Waals surface area contributed by atoms with Gasteiger partial charge in [-0.05, 0) is 0 Å². The molecule has 176 valence electrons. The molecule has 2 amide bonds. The quantitative estimate of drug-likeness (QED) is 0.153. The fourth-order valence-corrected chi connectivity index (χ4v) is 26.2. The van der Waals surface area contributed by atoms with Crippen molar-refractivity contribution in [3.8, 4) is 0 Å². The van der Waals surface area contributed by atoms with Crippen LogP contribution in [0.2, 0.25) is 17.7 Å². The Balaban J connectivity index is 2.98. The van der Waals surface area contributed by atoms with Gasteiger partial charge in [-0.15, -0.1) is 0 Å². The SMILES string of the molecule is CCC[CH2][Sn]([CH2]CCC)([CH2]CCC)[CH2]C(Br)C[C@@H](C(=O)N1CCOC1=O)C(C)(C)C. The maximum atomic E-state index is 13.2. The van der Waals surface area contributed by atoms with Gasteiger partial charge in [0.25, 0.3) is 0 Å². The summed E-state index contributed by atoms with van der Waals surface area (Å²) < 4.78 is 10.8. The molecule has 0 bridgehead atoms. The molecular formula is C24H46BrNO3Sn. The van der Waals surface area contributed by atoms with Crippen LogP contribution >= 0.6 is 15.9 Å². The second kappa shape index (κ2) is 13.7. The molecule has 1 fully saturated rings. The molecule has 0 aliphatic carbocycles. The number of hydrogen-bond acceptors (Lipinski definition) is 3. The van der Waals surface area contributed by atoms with Crippen LogP contribution in [0.15, 0.2) is 0 Å². The number of carbonyl (C=O) groups excluding carboxylic acids is 2. The topological polar surface area (TPSA) is 46.6 Å². The second-order valence-electron chi connectivity index (χ2n) is 10.4. The van der Waals surface area contributed by atoms with Crippen molar-refractivity contribution >= 4 is 46.3 Å². The van der Waals surface area contributed by atoms with E-state index < -0.39 is 24.5 Å². The number of imide groups is 1. The zero-order valence-corrected chi connectivity index (χ0v) is 24.8. The van der Waals surface area contributed by atoms with E-state index in [2.05, 4.69) is 57.5 Å². The number of alkyl halides is 1. The standard InChI is InChI=1S/C12H19BrNO3.3C4H9.Sn/c1-8(13)7-9(12(2,3)4)10(15)14-5-6-17-11(14)16;3*1-3-4-2;/h8-9H,1,5-7H2,2-4H3;3*1,3-4H2,2H3;/t8?,9-;;;;/m0..../s1. The summed E-state index contributed by atoms with van der Waals surface area (Å²) in [6.45, 7) is 14.0. The average Bonchev–Trinajstić information content (AvgIpc) is 3.11. The van der Waals surface area contributed by atoms with Gasteiger partial charge in [0.05, 0.1) is 0 Å². The number of amides is 2. The van der Waals surface area contributed by atoms with Crippen molar-refractivity contribution in [1.82, 2.24) is 4.90 Å². The van der Waals surface area contributed by atoms with Gasteiger partial charge in [-0.2, -0.15) is 0 Å². The third-order valence-electron chi connectivity index (χ3n) is 6.70. The van der Waals surface area contributed by atoms with Gasteiger partial charge >= 0.3 is 199 Å². The zero-order chi connectivity index (χ0) is 22.8. The molecule has 30 heavy (non-hydrogen) atoms. The third-order valence-corrected chi connectivity index (χ3v) is 25.1. The number of ether oxygens (including phenoxy) is 1. The Morgan fingerprint density at radius 3 is 1.93 bits per heavy atom. The monoisotopic (exact) mass is 595 g/mol. The first-order valence-electron chi connectivity index (χ1n) is 12.2. The molecule has 0 aromatic rings. The predicted molar refractivity (Wildman–Crippen MR) is 133 cm³/mol. The van der Waals surface area contributed by atoms with Gasteiger partial charge in [-0.1, -0.05) is 0 Å². The van der Waals surface area contributed by atoms with Crippen LogP contribution in [0.3, 0.4) is 0 Å². The molecular weight excluding hydrogens is 549 g/mol. The predicted octanol–water partition coefficient (Wildman–Crippen LogP) is 7.63. The van der Waals surface area contributed by atoms with Crippen LogP contribution in [-0.2, 0) is 9.53 Å². The first kappa shape index (κ1) is 28.3. The van der Waals surface area contributed by atoms with Gasteiger partial charge in [0.1, 0.15) is 0 Å². The van der Waals surface area contributed by atoms with E-state index in [4.69, 9.17) is 4.74 Å². The van der Waals surface area contributed by atoms with Crippen molar-refractivity contribution in [3.05, 3.63) is 0 Å². The third kappa shape index (κ3) is 8.99. The van der Waals surface area contributed by atoms with Crippen molar-refractivity contribution in [2.75, 3.05) is 13.2 Å². The van der Waals surface area contributed by atoms with E-state index in [-0.39, 0.29) is 17.2 Å². The fourth-order valence-electron chi connectivity index (χ4n) is 4.75. The van der Waals surface area contributed by atoms with Crippen LogP contribution in [0.4, 0.5) is 4.79 Å². The number of rotatable bonds is 14. The summed E-state index contributed by atoms with van der Waals surface area (Å²) in [6, 6.07) is 0. The Morgan fingerprint density at radius 1 is 1.07 bits per heavy atom. The van der Waals surface area contributed by atoms with Crippen molar-refractivity contribution in [2.24, 2.45) is 11.3 Å². The normalized spacial score (nSPS) is 17.2. The molecule has 0 N–H and O–H groups in total. The molecule has 0 radical (unpaired) electrons. The van der Waals surface area contributed by atoms with Crippen LogP contribution in [0.25, 0.3) is 0 Å². The first-order valence-corrected chi connectivity index (χ1v) is 21.2. The Hall–Kier alpha value is 0.219. The number of carbonyl (C=O) groups is 2. The molecule has 1 rings (SSSR count). The van der Waals surface area contributed by atoms with Crippen molar-refractivity contribution in [1.29, 1.82) is 0 Å². The molecule has 0 spiro atoms. The summed E-state index contributed by atoms with van der Waals surface area (Å²) in [5, 5.41) is 0. The number of halogens is 1. The molecule has 1 aliphatic heterocycles. The van der Waals surface area contributed by atoms with Gasteiger partial charge in [0.2, 0.25) is 0 Å². The summed E-state index contributed by atoms with van der Waals surface area (Å²) in [5.41, 5.74) is -0.180. The van der Waals surface area contributed by atoms with E-state index in [9.17, 15) is 9.59 Å². The fraction of sp³-hybridized carbons (Fsp3) is 0.917. The van der Waals surface area contributed by atoms with Gasteiger partial charge in [0.15, 0.2) is 0 Å². The van der Waals surface area contributed by atoms with Crippen LogP contribution in [0.1, 0.15) is 86.5 Å². The Morgan fingerprint density at radius 2 is 1.57 bits per heavy atom. The van der Waals surface area contributed by atoms with E-state index in [0.717, 1.165) is 6.42 Å². The van der Waals surface area contributed by atoms with Crippen LogP contribution in [0.5, 0.6) is 0 Å². The van der Waals surface area contributed by atoms with Gasteiger partial charge in [0, 0.05) is 0 Å². The molecule has 4 nitrogen and oxygen atoms in total. The van der Waals surface area contributed by atoms with Crippen molar-refractivity contribution in [3.63, 3.8) is 0 Å². The number of cyclic esters (lactones) is 1. The van der Waals surface area contributed by atoms with Crippen LogP contribution in [0, 0.1) is 11.3 Å². The zero-order valence-electron chi connectivity index (χ0n) is 20.4. The van der Waals surface area contributed by atoms with Crippen molar-refractivity contribution in [2.45, 2.75) is 109 Å². The molecule has 6 heteroatoms. The summed E-state index contributed by atoms with van der Waals surface area (Å²) in [6.07, 6.45) is 8.29. The molecule has 0 saturated carbocycles. The summed E-state index contributed by atoms with van der Waals surface area (Å²) >= 11 is 1.76. The Labute approximate surface area is 198 Å². The average molecular weight is 595 g/mol. The van der Waals surface area contributed by atoms with Gasteiger partial charge in [-0.3, -0.25) is 0 Å².